The van der Waals surface area contributed by atoms with E-state index in [-0.39, 0.29) is 10.8 Å². The number of hydrogen-bond donors (Lipinski definition) is 1. The number of nitrogens with zero attached hydrogens (tertiary/aromatic N) is 1. The van der Waals surface area contributed by atoms with Crippen LogP contribution in [0.2, 0.25) is 0 Å². The molecule has 0 aromatic heterocycles. The Morgan fingerprint density at radius 3 is 2.46 bits per heavy atom. The maximum atomic E-state index is 12.9. The Hall–Kier alpha value is -2.34. The number of nitrogens with one attached hydrogen (secondary N) is 1. The van der Waals surface area contributed by atoms with Gasteiger partial charge in [-0.05, 0) is 49.1 Å². The second-order valence-corrected chi connectivity index (χ2v) is 8.67. The van der Waals surface area contributed by atoms with Crippen LogP contribution in [-0.2, 0) is 10.0 Å². The van der Waals surface area contributed by atoms with Crippen molar-refractivity contribution in [3.63, 3.8) is 0 Å². The summed E-state index contributed by atoms with van der Waals surface area (Å²) >= 11 is 0. The van der Waals surface area contributed by atoms with Gasteiger partial charge in [-0.2, -0.15) is 0 Å². The number of anilines is 1. The molecule has 1 saturated carbocycles. The summed E-state index contributed by atoms with van der Waals surface area (Å²) in [6.45, 7) is 0.653. The van der Waals surface area contributed by atoms with Gasteiger partial charge in [-0.25, -0.2) is 8.42 Å². The first kappa shape index (κ1) is 18.5. The highest BCUT2D eigenvalue weighted by Gasteiger charge is 2.22. The van der Waals surface area contributed by atoms with Gasteiger partial charge in [-0.1, -0.05) is 37.1 Å². The molecule has 1 aliphatic carbocycles. The summed E-state index contributed by atoms with van der Waals surface area (Å²) in [6.07, 6.45) is 4.74. The molecule has 138 valence electrons. The predicted molar refractivity (Wildman–Crippen MR) is 103 cm³/mol. The molecule has 0 spiro atoms. The lowest BCUT2D eigenvalue weighted by Crippen LogP contribution is -2.29. The summed E-state index contributed by atoms with van der Waals surface area (Å²) in [5.74, 6) is 0.311. The molecule has 0 unspecified atom stereocenters. The van der Waals surface area contributed by atoms with Crippen LogP contribution in [0, 0.1) is 5.92 Å². The molecule has 1 N–H and O–H groups in total. The highest BCUT2D eigenvalue weighted by molar-refractivity contribution is 7.92. The average Bonchev–Trinajstić information content (AvgIpc) is 3.20. The molecule has 2 aromatic carbocycles. The topological polar surface area (TPSA) is 66.5 Å². The van der Waals surface area contributed by atoms with Crippen LogP contribution in [0.4, 0.5) is 5.69 Å². The van der Waals surface area contributed by atoms with Gasteiger partial charge in [-0.3, -0.25) is 9.10 Å². The number of sulfonamides is 1. The van der Waals surface area contributed by atoms with E-state index < -0.39 is 10.0 Å². The lowest BCUT2D eigenvalue weighted by atomic mass is 10.1. The number of carbonyl (C=O) groups excluding carboxylic acids is 1. The summed E-state index contributed by atoms with van der Waals surface area (Å²) in [4.78, 5) is 12.5. The first-order valence-corrected chi connectivity index (χ1v) is 10.3. The van der Waals surface area contributed by atoms with E-state index in [0.29, 0.717) is 23.7 Å². The molecular weight excluding hydrogens is 348 g/mol. The van der Waals surface area contributed by atoms with Crippen molar-refractivity contribution < 1.29 is 13.2 Å². The Kier molecular flexibility index (Phi) is 5.61. The van der Waals surface area contributed by atoms with E-state index >= 15 is 0 Å². The van der Waals surface area contributed by atoms with Crippen LogP contribution >= 0.6 is 0 Å². The highest BCUT2D eigenvalue weighted by Crippen LogP contribution is 2.24. The van der Waals surface area contributed by atoms with Crippen LogP contribution < -0.4 is 9.62 Å². The maximum Gasteiger partial charge on any atom is 0.264 e. The van der Waals surface area contributed by atoms with Crippen LogP contribution in [0.5, 0.6) is 0 Å². The van der Waals surface area contributed by atoms with Gasteiger partial charge in [0.1, 0.15) is 0 Å². The van der Waals surface area contributed by atoms with Crippen LogP contribution in [-0.4, -0.2) is 27.9 Å². The number of hydrogen-bond acceptors (Lipinski definition) is 3. The fourth-order valence-electron chi connectivity index (χ4n) is 3.29. The smallest absolute Gasteiger partial charge is 0.264 e. The Bertz CT molecular complexity index is 860. The quantitative estimate of drug-likeness (QED) is 0.845. The van der Waals surface area contributed by atoms with Crippen molar-refractivity contribution in [2.75, 3.05) is 17.9 Å². The fraction of sp³-hybridized carbons (Fsp3) is 0.350. The second kappa shape index (κ2) is 7.91. The minimum absolute atomic E-state index is 0.109. The zero-order valence-electron chi connectivity index (χ0n) is 14.9. The third-order valence-corrected chi connectivity index (χ3v) is 6.68. The summed E-state index contributed by atoms with van der Waals surface area (Å²) < 4.78 is 27.0. The van der Waals surface area contributed by atoms with Gasteiger partial charge in [0.2, 0.25) is 0 Å². The maximum absolute atomic E-state index is 12.9. The van der Waals surface area contributed by atoms with Crippen LogP contribution in [0.15, 0.2) is 59.5 Å². The van der Waals surface area contributed by atoms with E-state index in [0.717, 1.165) is 12.8 Å². The minimum atomic E-state index is -3.73. The van der Waals surface area contributed by atoms with Crippen LogP contribution in [0.25, 0.3) is 0 Å². The molecule has 1 aliphatic rings. The SMILES string of the molecule is CN(c1ccccc1)S(=O)(=O)c1cccc(C(=O)NCC2CCCC2)c1. The van der Waals surface area contributed by atoms with Gasteiger partial charge < -0.3 is 5.32 Å². The van der Waals surface area contributed by atoms with Crippen molar-refractivity contribution in [2.24, 2.45) is 5.92 Å². The zero-order chi connectivity index (χ0) is 18.6. The summed E-state index contributed by atoms with van der Waals surface area (Å²) in [5.41, 5.74) is 0.939. The van der Waals surface area contributed by atoms with E-state index in [1.54, 1.807) is 36.4 Å². The largest absolute Gasteiger partial charge is 0.352 e. The lowest BCUT2D eigenvalue weighted by Gasteiger charge is -2.19. The number of para-hydroxylation sites is 1. The number of carbonyl (C=O) groups is 1. The zero-order valence-corrected chi connectivity index (χ0v) is 15.7. The van der Waals surface area contributed by atoms with Gasteiger partial charge >= 0.3 is 0 Å². The van der Waals surface area contributed by atoms with Crippen molar-refractivity contribution in [1.29, 1.82) is 0 Å². The van der Waals surface area contributed by atoms with Crippen molar-refractivity contribution in [3.05, 3.63) is 60.2 Å². The van der Waals surface area contributed by atoms with Gasteiger partial charge in [0, 0.05) is 19.2 Å². The molecule has 0 heterocycles. The van der Waals surface area contributed by atoms with Crippen molar-refractivity contribution >= 4 is 21.6 Å². The molecule has 0 atom stereocenters. The molecule has 1 amide bonds. The van der Waals surface area contributed by atoms with E-state index in [1.807, 2.05) is 6.07 Å². The Morgan fingerprint density at radius 2 is 1.77 bits per heavy atom. The molecule has 26 heavy (non-hydrogen) atoms. The standard InChI is InChI=1S/C20H24N2O3S/c1-22(18-11-3-2-4-12-18)26(24,25)19-13-7-10-17(14-19)20(23)21-15-16-8-5-6-9-16/h2-4,7,10-14,16H,5-6,8-9,15H2,1H3,(H,21,23). The second-order valence-electron chi connectivity index (χ2n) is 6.70. The molecule has 0 bridgehead atoms. The van der Waals surface area contributed by atoms with Crippen molar-refractivity contribution in [3.8, 4) is 0 Å². The monoisotopic (exact) mass is 372 g/mol. The predicted octanol–water partition coefficient (Wildman–Crippen LogP) is 3.43. The van der Waals surface area contributed by atoms with Gasteiger partial charge in [-0.15, -0.1) is 0 Å². The molecule has 3 rings (SSSR count). The summed E-state index contributed by atoms with van der Waals surface area (Å²) in [7, 11) is -2.21. The van der Waals surface area contributed by atoms with Gasteiger partial charge in [0.15, 0.2) is 0 Å². The van der Waals surface area contributed by atoms with E-state index in [1.165, 1.54) is 36.3 Å². The van der Waals surface area contributed by atoms with Gasteiger partial charge in [0.25, 0.3) is 15.9 Å². The molecule has 6 heteroatoms. The van der Waals surface area contributed by atoms with Crippen molar-refractivity contribution in [1.82, 2.24) is 5.32 Å². The molecule has 5 nitrogen and oxygen atoms in total. The summed E-state index contributed by atoms with van der Waals surface area (Å²) in [5, 5.41) is 2.93. The normalized spacial score (nSPS) is 15.0. The minimum Gasteiger partial charge on any atom is -0.352 e. The van der Waals surface area contributed by atoms with Crippen LogP contribution in [0.3, 0.4) is 0 Å². The number of benzene rings is 2. The molecule has 1 fully saturated rings. The Labute approximate surface area is 155 Å². The fourth-order valence-corrected chi connectivity index (χ4v) is 4.53. The van der Waals surface area contributed by atoms with E-state index in [2.05, 4.69) is 5.32 Å². The third-order valence-electron chi connectivity index (χ3n) is 4.90. The molecule has 0 radical (unpaired) electrons. The first-order valence-electron chi connectivity index (χ1n) is 8.91. The average molecular weight is 372 g/mol. The molecular formula is C20H24N2O3S. The Morgan fingerprint density at radius 1 is 1.08 bits per heavy atom. The third kappa shape index (κ3) is 4.07. The highest BCUT2D eigenvalue weighted by atomic mass is 32.2. The molecule has 2 aromatic rings. The van der Waals surface area contributed by atoms with Gasteiger partial charge in [0.05, 0.1) is 10.6 Å². The van der Waals surface area contributed by atoms with Crippen molar-refractivity contribution in [2.45, 2.75) is 30.6 Å². The Balaban J connectivity index is 1.76. The van der Waals surface area contributed by atoms with Crippen LogP contribution in [0.1, 0.15) is 36.0 Å². The summed E-state index contributed by atoms with van der Waals surface area (Å²) in [6, 6.07) is 15.1. The number of rotatable bonds is 6. The van der Waals surface area contributed by atoms with E-state index in [9.17, 15) is 13.2 Å². The molecule has 0 saturated heterocycles. The van der Waals surface area contributed by atoms with E-state index in [4.69, 9.17) is 0 Å². The first-order chi connectivity index (χ1) is 12.5. The molecule has 0 aliphatic heterocycles. The number of amides is 1. The lowest BCUT2D eigenvalue weighted by molar-refractivity contribution is 0.0947.